The Kier molecular flexibility index (Phi) is 7.15. The Morgan fingerprint density at radius 1 is 1.17 bits per heavy atom. The molecule has 3 atom stereocenters. The topological polar surface area (TPSA) is 93.2 Å². The van der Waals surface area contributed by atoms with Crippen molar-refractivity contribution in [2.24, 2.45) is 5.92 Å². The van der Waals surface area contributed by atoms with E-state index in [2.05, 4.69) is 0 Å². The first-order valence-corrected chi connectivity index (χ1v) is 11.9. The standard InChI is InChI=1S/C21H30N2O6S/c1-4-28-21(25)18-8-6-10-22(14-18)20(24)17-7-5-9-19(11-17)30(26,27)23-12-15(2)29-16(3)13-23/h5,7,9,11,15-16,18H,4,6,8,10,12-14H2,1-3H3/t15-,16+,18-/m1/s1. The molecule has 9 heteroatoms. The molecule has 1 aromatic rings. The van der Waals surface area contributed by atoms with E-state index in [-0.39, 0.29) is 54.5 Å². The second-order valence-electron chi connectivity index (χ2n) is 7.95. The third-order valence-electron chi connectivity index (χ3n) is 5.43. The first-order valence-electron chi connectivity index (χ1n) is 10.4. The zero-order valence-corrected chi connectivity index (χ0v) is 18.6. The average Bonchev–Trinajstić information content (AvgIpc) is 2.73. The van der Waals surface area contributed by atoms with Gasteiger partial charge < -0.3 is 14.4 Å². The number of esters is 1. The number of hydrogen-bond donors (Lipinski definition) is 0. The Hall–Kier alpha value is -1.97. The fraction of sp³-hybridized carbons (Fsp3) is 0.619. The van der Waals surface area contributed by atoms with Crippen LogP contribution < -0.4 is 0 Å². The highest BCUT2D eigenvalue weighted by Crippen LogP contribution is 2.24. The van der Waals surface area contributed by atoms with E-state index in [1.54, 1.807) is 24.0 Å². The molecule has 0 saturated carbocycles. The number of rotatable bonds is 5. The van der Waals surface area contributed by atoms with Crippen molar-refractivity contribution in [2.75, 3.05) is 32.8 Å². The third kappa shape index (κ3) is 5.01. The summed E-state index contributed by atoms with van der Waals surface area (Å²) in [5, 5.41) is 0. The van der Waals surface area contributed by atoms with Crippen molar-refractivity contribution >= 4 is 21.9 Å². The number of carbonyl (C=O) groups excluding carboxylic acids is 2. The summed E-state index contributed by atoms with van der Waals surface area (Å²) in [7, 11) is -3.74. The van der Waals surface area contributed by atoms with E-state index in [0.29, 0.717) is 31.6 Å². The molecule has 0 unspecified atom stereocenters. The van der Waals surface area contributed by atoms with E-state index in [9.17, 15) is 18.0 Å². The van der Waals surface area contributed by atoms with Gasteiger partial charge in [0.1, 0.15) is 0 Å². The SMILES string of the molecule is CCOC(=O)[C@@H]1CCCN(C(=O)c2cccc(S(=O)(=O)N3C[C@@H](C)O[C@@H](C)C3)c2)C1. The molecule has 0 radical (unpaired) electrons. The molecule has 3 rings (SSSR count). The number of hydrogen-bond acceptors (Lipinski definition) is 6. The highest BCUT2D eigenvalue weighted by atomic mass is 32.2. The van der Waals surface area contributed by atoms with Crippen molar-refractivity contribution in [3.8, 4) is 0 Å². The Labute approximate surface area is 178 Å². The molecular weight excluding hydrogens is 408 g/mol. The first-order chi connectivity index (χ1) is 14.2. The molecule has 2 heterocycles. The summed E-state index contributed by atoms with van der Waals surface area (Å²) < 4.78 is 38.4. The van der Waals surface area contributed by atoms with E-state index in [0.717, 1.165) is 0 Å². The van der Waals surface area contributed by atoms with Gasteiger partial charge in [0.05, 0.1) is 29.6 Å². The first kappa shape index (κ1) is 22.7. The number of ether oxygens (including phenoxy) is 2. The summed E-state index contributed by atoms with van der Waals surface area (Å²) in [6, 6.07) is 6.13. The van der Waals surface area contributed by atoms with Gasteiger partial charge in [-0.05, 0) is 51.8 Å². The monoisotopic (exact) mass is 438 g/mol. The molecular formula is C21H30N2O6S. The van der Waals surface area contributed by atoms with Crippen molar-refractivity contribution in [2.45, 2.75) is 50.7 Å². The van der Waals surface area contributed by atoms with Crippen molar-refractivity contribution < 1.29 is 27.5 Å². The molecule has 0 aliphatic carbocycles. The maximum atomic E-state index is 13.1. The van der Waals surface area contributed by atoms with Crippen LogP contribution in [0.4, 0.5) is 0 Å². The fourth-order valence-electron chi connectivity index (χ4n) is 4.06. The molecule has 1 amide bonds. The summed E-state index contributed by atoms with van der Waals surface area (Å²) >= 11 is 0. The van der Waals surface area contributed by atoms with Gasteiger partial charge in [0.15, 0.2) is 0 Å². The smallest absolute Gasteiger partial charge is 0.310 e. The number of sulfonamides is 1. The third-order valence-corrected chi connectivity index (χ3v) is 7.26. The summed E-state index contributed by atoms with van der Waals surface area (Å²) in [5.41, 5.74) is 0.301. The predicted octanol–water partition coefficient (Wildman–Crippen LogP) is 1.90. The van der Waals surface area contributed by atoms with Crippen LogP contribution in [0.25, 0.3) is 0 Å². The summed E-state index contributed by atoms with van der Waals surface area (Å²) in [5.74, 6) is -0.905. The minimum atomic E-state index is -3.74. The van der Waals surface area contributed by atoms with E-state index in [4.69, 9.17) is 9.47 Å². The number of likely N-dealkylation sites (tertiary alicyclic amines) is 1. The maximum Gasteiger partial charge on any atom is 0.310 e. The van der Waals surface area contributed by atoms with Crippen LogP contribution in [-0.4, -0.2) is 74.5 Å². The van der Waals surface area contributed by atoms with Crippen LogP contribution >= 0.6 is 0 Å². The van der Waals surface area contributed by atoms with E-state index >= 15 is 0 Å². The number of piperidine rings is 1. The summed E-state index contributed by atoms with van der Waals surface area (Å²) in [4.78, 5) is 26.8. The van der Waals surface area contributed by atoms with Crippen LogP contribution in [0.1, 0.15) is 44.0 Å². The molecule has 0 spiro atoms. The van der Waals surface area contributed by atoms with Crippen LogP contribution in [0.5, 0.6) is 0 Å². The highest BCUT2D eigenvalue weighted by molar-refractivity contribution is 7.89. The second kappa shape index (κ2) is 9.45. The van der Waals surface area contributed by atoms with Gasteiger partial charge >= 0.3 is 5.97 Å². The number of carbonyl (C=O) groups is 2. The van der Waals surface area contributed by atoms with Crippen molar-refractivity contribution in [3.63, 3.8) is 0 Å². The lowest BCUT2D eigenvalue weighted by atomic mass is 9.97. The van der Waals surface area contributed by atoms with Gasteiger partial charge in [0, 0.05) is 31.7 Å². The van der Waals surface area contributed by atoms with E-state index in [1.165, 1.54) is 16.4 Å². The van der Waals surface area contributed by atoms with Crippen LogP contribution in [-0.2, 0) is 24.3 Å². The van der Waals surface area contributed by atoms with Crippen LogP contribution in [0.2, 0.25) is 0 Å². The van der Waals surface area contributed by atoms with Gasteiger partial charge in [-0.25, -0.2) is 8.42 Å². The highest BCUT2D eigenvalue weighted by Gasteiger charge is 2.33. The molecule has 0 aromatic heterocycles. The largest absolute Gasteiger partial charge is 0.466 e. The predicted molar refractivity (Wildman–Crippen MR) is 110 cm³/mol. The Bertz CT molecular complexity index is 877. The minimum Gasteiger partial charge on any atom is -0.466 e. The number of benzene rings is 1. The lowest BCUT2D eigenvalue weighted by molar-refractivity contribution is -0.149. The van der Waals surface area contributed by atoms with Crippen molar-refractivity contribution in [3.05, 3.63) is 29.8 Å². The van der Waals surface area contributed by atoms with Crippen molar-refractivity contribution in [1.82, 2.24) is 9.21 Å². The molecule has 8 nitrogen and oxygen atoms in total. The lowest BCUT2D eigenvalue weighted by Gasteiger charge is -2.34. The molecule has 166 valence electrons. The maximum absolute atomic E-state index is 13.1. The molecule has 2 fully saturated rings. The molecule has 0 bridgehead atoms. The Morgan fingerprint density at radius 3 is 2.53 bits per heavy atom. The Morgan fingerprint density at radius 2 is 1.87 bits per heavy atom. The Balaban J connectivity index is 1.77. The number of morpholine rings is 1. The molecule has 0 N–H and O–H groups in total. The summed E-state index contributed by atoms with van der Waals surface area (Å²) in [6.45, 7) is 7.12. The quantitative estimate of drug-likeness (QED) is 0.652. The van der Waals surface area contributed by atoms with Crippen LogP contribution in [0.3, 0.4) is 0 Å². The van der Waals surface area contributed by atoms with Gasteiger partial charge in [0.2, 0.25) is 10.0 Å². The van der Waals surface area contributed by atoms with Gasteiger partial charge in [-0.1, -0.05) is 6.07 Å². The average molecular weight is 439 g/mol. The fourth-order valence-corrected chi connectivity index (χ4v) is 5.70. The second-order valence-corrected chi connectivity index (χ2v) is 9.89. The molecule has 30 heavy (non-hydrogen) atoms. The number of amides is 1. The number of nitrogens with zero attached hydrogens (tertiary/aromatic N) is 2. The molecule has 2 aliphatic heterocycles. The lowest BCUT2D eigenvalue weighted by Crippen LogP contribution is -2.48. The van der Waals surface area contributed by atoms with Crippen molar-refractivity contribution in [1.29, 1.82) is 0 Å². The van der Waals surface area contributed by atoms with Gasteiger partial charge in [-0.15, -0.1) is 0 Å². The zero-order valence-electron chi connectivity index (χ0n) is 17.7. The van der Waals surface area contributed by atoms with Crippen LogP contribution in [0, 0.1) is 5.92 Å². The normalized spacial score (nSPS) is 25.7. The molecule has 2 saturated heterocycles. The molecule has 2 aliphatic rings. The summed E-state index contributed by atoms with van der Waals surface area (Å²) in [6.07, 6.45) is 1.00. The zero-order chi connectivity index (χ0) is 21.9. The molecule has 1 aromatic carbocycles. The van der Waals surface area contributed by atoms with Gasteiger partial charge in [-0.3, -0.25) is 9.59 Å². The van der Waals surface area contributed by atoms with Crippen LogP contribution in [0.15, 0.2) is 29.2 Å². The minimum absolute atomic E-state index is 0.0913. The van der Waals surface area contributed by atoms with Gasteiger partial charge in [-0.2, -0.15) is 4.31 Å². The van der Waals surface area contributed by atoms with E-state index < -0.39 is 10.0 Å². The van der Waals surface area contributed by atoms with Gasteiger partial charge in [0.25, 0.3) is 5.91 Å². The van der Waals surface area contributed by atoms with E-state index in [1.807, 2.05) is 13.8 Å².